The molecule has 1 aromatic rings. The molecule has 134 valence electrons. The molecule has 1 saturated heterocycles. The number of rotatable bonds is 6. The number of benzene rings is 1. The van der Waals surface area contributed by atoms with Gasteiger partial charge in [-0.25, -0.2) is 4.39 Å². The number of hydrogen-bond donors (Lipinski definition) is 0. The van der Waals surface area contributed by atoms with Gasteiger partial charge in [0, 0.05) is 43.2 Å². The van der Waals surface area contributed by atoms with Gasteiger partial charge in [0.25, 0.3) is 0 Å². The van der Waals surface area contributed by atoms with E-state index in [1.54, 1.807) is 0 Å². The largest absolute Gasteiger partial charge is 0.297 e. The van der Waals surface area contributed by atoms with Crippen molar-refractivity contribution in [1.29, 1.82) is 0 Å². The van der Waals surface area contributed by atoms with E-state index in [-0.39, 0.29) is 12.0 Å². The maximum absolute atomic E-state index is 14.5. The van der Waals surface area contributed by atoms with E-state index in [4.69, 9.17) is 11.6 Å². The SMILES string of the molecule is C=C(C(C)C)C(CN1CCN(C(C)C)[C@@H](F)C1)c1ccc(Cl)cc1. The second-order valence-electron chi connectivity index (χ2n) is 7.36. The summed E-state index contributed by atoms with van der Waals surface area (Å²) >= 11 is 6.03. The molecule has 24 heavy (non-hydrogen) atoms. The van der Waals surface area contributed by atoms with Crippen molar-refractivity contribution < 1.29 is 4.39 Å². The Bertz CT molecular complexity index is 541. The van der Waals surface area contributed by atoms with Gasteiger partial charge in [0.1, 0.15) is 0 Å². The fourth-order valence-corrected chi connectivity index (χ4v) is 3.47. The van der Waals surface area contributed by atoms with Gasteiger partial charge in [-0.2, -0.15) is 0 Å². The quantitative estimate of drug-likeness (QED) is 0.527. The predicted octanol–water partition coefficient (Wildman–Crippen LogP) is 4.96. The first-order valence-electron chi connectivity index (χ1n) is 8.86. The van der Waals surface area contributed by atoms with Crippen LogP contribution >= 0.6 is 11.6 Å². The van der Waals surface area contributed by atoms with Gasteiger partial charge >= 0.3 is 0 Å². The number of hydrogen-bond acceptors (Lipinski definition) is 2. The Hall–Kier alpha value is -0.900. The summed E-state index contributed by atoms with van der Waals surface area (Å²) in [5, 5.41) is 0.738. The molecule has 0 N–H and O–H groups in total. The summed E-state index contributed by atoms with van der Waals surface area (Å²) in [7, 11) is 0. The minimum atomic E-state index is -0.892. The molecule has 1 fully saturated rings. The highest BCUT2D eigenvalue weighted by molar-refractivity contribution is 6.30. The third-order valence-electron chi connectivity index (χ3n) is 5.01. The summed E-state index contributed by atoms with van der Waals surface area (Å²) in [6, 6.07) is 8.23. The van der Waals surface area contributed by atoms with Crippen molar-refractivity contribution in [2.45, 2.75) is 46.0 Å². The third kappa shape index (κ3) is 4.81. The lowest BCUT2D eigenvalue weighted by atomic mass is 9.85. The Labute approximate surface area is 151 Å². The molecular formula is C20H30ClFN2. The lowest BCUT2D eigenvalue weighted by Crippen LogP contribution is -2.54. The van der Waals surface area contributed by atoms with Gasteiger partial charge < -0.3 is 0 Å². The van der Waals surface area contributed by atoms with E-state index < -0.39 is 6.30 Å². The Morgan fingerprint density at radius 2 is 1.83 bits per heavy atom. The van der Waals surface area contributed by atoms with Crippen molar-refractivity contribution in [1.82, 2.24) is 9.80 Å². The van der Waals surface area contributed by atoms with Crippen LogP contribution in [0.4, 0.5) is 4.39 Å². The average molecular weight is 353 g/mol. The monoisotopic (exact) mass is 352 g/mol. The smallest absolute Gasteiger partial charge is 0.166 e. The molecular weight excluding hydrogens is 323 g/mol. The van der Waals surface area contributed by atoms with Crippen LogP contribution in [0.3, 0.4) is 0 Å². The minimum Gasteiger partial charge on any atom is -0.297 e. The van der Waals surface area contributed by atoms with E-state index in [0.717, 1.165) is 24.7 Å². The fraction of sp³-hybridized carbons (Fsp3) is 0.600. The highest BCUT2D eigenvalue weighted by Crippen LogP contribution is 2.31. The number of piperazine rings is 1. The van der Waals surface area contributed by atoms with Gasteiger partial charge in [-0.05, 0) is 37.5 Å². The van der Waals surface area contributed by atoms with E-state index in [1.165, 1.54) is 11.1 Å². The van der Waals surface area contributed by atoms with Gasteiger partial charge in [-0.3, -0.25) is 9.80 Å². The van der Waals surface area contributed by atoms with Crippen LogP contribution in [0, 0.1) is 5.92 Å². The van der Waals surface area contributed by atoms with E-state index in [1.807, 2.05) is 17.0 Å². The zero-order valence-electron chi connectivity index (χ0n) is 15.3. The zero-order valence-corrected chi connectivity index (χ0v) is 16.1. The third-order valence-corrected chi connectivity index (χ3v) is 5.26. The first-order valence-corrected chi connectivity index (χ1v) is 9.23. The molecule has 0 spiro atoms. The van der Waals surface area contributed by atoms with Crippen molar-refractivity contribution >= 4 is 11.6 Å². The van der Waals surface area contributed by atoms with Crippen molar-refractivity contribution in [3.05, 3.63) is 47.0 Å². The summed E-state index contributed by atoms with van der Waals surface area (Å²) in [4.78, 5) is 4.17. The maximum atomic E-state index is 14.5. The van der Waals surface area contributed by atoms with Gasteiger partial charge in [0.15, 0.2) is 6.30 Å². The molecule has 1 aliphatic rings. The molecule has 1 aliphatic heterocycles. The molecule has 0 amide bonds. The topological polar surface area (TPSA) is 6.48 Å². The molecule has 0 aromatic heterocycles. The standard InChI is InChI=1S/C20H30ClFN2/c1-14(2)16(5)19(17-6-8-18(21)9-7-17)12-23-10-11-24(15(3)4)20(22)13-23/h6-9,14-15,19-20H,5,10-13H2,1-4H3/t19?,20-/m1/s1. The Kier molecular flexibility index (Phi) is 6.85. The van der Waals surface area contributed by atoms with Crippen molar-refractivity contribution in [3.8, 4) is 0 Å². The fourth-order valence-electron chi connectivity index (χ4n) is 3.35. The van der Waals surface area contributed by atoms with Crippen LogP contribution in [0.2, 0.25) is 5.02 Å². The lowest BCUT2D eigenvalue weighted by molar-refractivity contribution is -0.0199. The van der Waals surface area contributed by atoms with Crippen LogP contribution < -0.4 is 0 Å². The molecule has 1 unspecified atom stereocenters. The molecule has 0 aliphatic carbocycles. The van der Waals surface area contributed by atoms with Crippen LogP contribution in [0.5, 0.6) is 0 Å². The molecule has 0 saturated carbocycles. The molecule has 1 heterocycles. The van der Waals surface area contributed by atoms with Crippen LogP contribution in [-0.2, 0) is 0 Å². The summed E-state index contributed by atoms with van der Waals surface area (Å²) in [5.41, 5.74) is 2.40. The van der Waals surface area contributed by atoms with Crippen LogP contribution in [0.25, 0.3) is 0 Å². The summed E-state index contributed by atoms with van der Waals surface area (Å²) in [5.74, 6) is 0.601. The average Bonchev–Trinajstić information content (AvgIpc) is 2.52. The molecule has 4 heteroatoms. The minimum absolute atomic E-state index is 0.208. The van der Waals surface area contributed by atoms with Crippen LogP contribution in [-0.4, -0.2) is 48.3 Å². The number of alkyl halides is 1. The Balaban J connectivity index is 2.12. The number of halogens is 2. The first-order chi connectivity index (χ1) is 11.3. The predicted molar refractivity (Wildman–Crippen MR) is 101 cm³/mol. The molecule has 2 atom stereocenters. The second-order valence-corrected chi connectivity index (χ2v) is 7.80. The lowest BCUT2D eigenvalue weighted by Gasteiger charge is -2.41. The van der Waals surface area contributed by atoms with Gasteiger partial charge in [-0.15, -0.1) is 0 Å². The Morgan fingerprint density at radius 1 is 1.21 bits per heavy atom. The molecule has 0 bridgehead atoms. The Morgan fingerprint density at radius 3 is 2.33 bits per heavy atom. The zero-order chi connectivity index (χ0) is 17.9. The second kappa shape index (κ2) is 8.46. The molecule has 1 aromatic carbocycles. The highest BCUT2D eigenvalue weighted by Gasteiger charge is 2.30. The van der Waals surface area contributed by atoms with Gasteiger partial charge in [0.05, 0.1) is 0 Å². The van der Waals surface area contributed by atoms with E-state index in [9.17, 15) is 4.39 Å². The summed E-state index contributed by atoms with van der Waals surface area (Å²) in [6.07, 6.45) is -0.892. The van der Waals surface area contributed by atoms with E-state index in [0.29, 0.717) is 12.5 Å². The molecule has 0 radical (unpaired) electrons. The highest BCUT2D eigenvalue weighted by atomic mass is 35.5. The molecule has 2 rings (SSSR count). The van der Waals surface area contributed by atoms with E-state index in [2.05, 4.69) is 51.3 Å². The number of nitrogens with zero attached hydrogens (tertiary/aromatic N) is 2. The first kappa shape index (κ1) is 19.4. The maximum Gasteiger partial charge on any atom is 0.166 e. The van der Waals surface area contributed by atoms with Gasteiger partial charge in [0.2, 0.25) is 0 Å². The molecule has 2 nitrogen and oxygen atoms in total. The van der Waals surface area contributed by atoms with Crippen molar-refractivity contribution in [2.75, 3.05) is 26.2 Å². The van der Waals surface area contributed by atoms with Crippen molar-refractivity contribution in [3.63, 3.8) is 0 Å². The van der Waals surface area contributed by atoms with E-state index >= 15 is 0 Å². The summed E-state index contributed by atoms with van der Waals surface area (Å²) < 4.78 is 14.5. The van der Waals surface area contributed by atoms with Crippen LogP contribution in [0.15, 0.2) is 36.4 Å². The van der Waals surface area contributed by atoms with Crippen molar-refractivity contribution in [2.24, 2.45) is 5.92 Å². The normalized spacial score (nSPS) is 21.4. The summed E-state index contributed by atoms with van der Waals surface area (Å²) in [6.45, 7) is 15.7. The van der Waals surface area contributed by atoms with Crippen LogP contribution in [0.1, 0.15) is 39.2 Å². The van der Waals surface area contributed by atoms with Gasteiger partial charge in [-0.1, -0.05) is 49.7 Å².